The second kappa shape index (κ2) is 11.8. The van der Waals surface area contributed by atoms with Crippen molar-refractivity contribution >= 4 is 27.9 Å². The fourth-order valence-corrected chi connectivity index (χ4v) is 5.78. The van der Waals surface area contributed by atoms with E-state index in [2.05, 4.69) is 21.6 Å². The molecule has 0 aromatic heterocycles. The van der Waals surface area contributed by atoms with Gasteiger partial charge in [0.05, 0.1) is 12.0 Å². The smallest absolute Gasteiger partial charge is 0.328 e. The van der Waals surface area contributed by atoms with Crippen molar-refractivity contribution in [1.82, 2.24) is 10.0 Å². The van der Waals surface area contributed by atoms with Crippen molar-refractivity contribution in [2.45, 2.75) is 83.3 Å². The average molecular weight is 523 g/mol. The van der Waals surface area contributed by atoms with Gasteiger partial charge in [0.25, 0.3) is 10.0 Å². The maximum atomic E-state index is 13.2. The zero-order valence-corrected chi connectivity index (χ0v) is 22.8. The summed E-state index contributed by atoms with van der Waals surface area (Å²) in [6.07, 6.45) is 3.56. The van der Waals surface area contributed by atoms with Crippen LogP contribution < -0.4 is 20.5 Å². The summed E-state index contributed by atoms with van der Waals surface area (Å²) < 4.78 is 39.7. The number of aliphatic imine (C=N–C) groups is 1. The van der Waals surface area contributed by atoms with Crippen LogP contribution in [0, 0.1) is 20.8 Å². The summed E-state index contributed by atoms with van der Waals surface area (Å²) in [6, 6.07) is -0.827. The first-order valence-corrected chi connectivity index (χ1v) is 13.3. The summed E-state index contributed by atoms with van der Waals surface area (Å²) in [7, 11) is -2.75. The number of methoxy groups -OCH3 is 1. The number of amides is 1. The monoisotopic (exact) mass is 522 g/mol. The summed E-state index contributed by atoms with van der Waals surface area (Å²) in [5.41, 5.74) is 8.37. The number of nitrogens with two attached hydrogens (primary N) is 1. The Labute approximate surface area is 213 Å². The van der Waals surface area contributed by atoms with Gasteiger partial charge in [0.1, 0.15) is 17.4 Å². The van der Waals surface area contributed by atoms with Crippen LogP contribution in [-0.2, 0) is 30.8 Å². The number of hydrogen-bond acceptors (Lipinski definition) is 7. The van der Waals surface area contributed by atoms with Crippen LogP contribution >= 0.6 is 0 Å². The highest BCUT2D eigenvalue weighted by Crippen LogP contribution is 2.43. The SMILES string of the molecule is C=CCCC(=O)N[C@@H](CCCN=C(N)NS(=O)(=O)c1c(C)c(C)c2c(c1C)CC(C)(C)O2)C(=O)OC. The third-order valence-corrected chi connectivity index (χ3v) is 7.76. The number of rotatable bonds is 11. The molecule has 0 saturated heterocycles. The molecular formula is C25H38N4O6S. The van der Waals surface area contributed by atoms with E-state index in [-0.39, 0.29) is 36.1 Å². The maximum absolute atomic E-state index is 13.2. The van der Waals surface area contributed by atoms with E-state index in [4.69, 9.17) is 15.2 Å². The standard InChI is InChI=1S/C25H38N4O6S/c1-8-9-12-20(30)28-19(23(31)34-7)11-10-13-27-24(26)29-36(32,33)22-16(3)15(2)21-18(17(22)4)14-25(5,6)35-21/h8,19H,1,9-14H2,2-7H3,(H,28,30)(H3,26,27,29)/t19-/m0/s1. The Morgan fingerprint density at radius 2 is 1.92 bits per heavy atom. The van der Waals surface area contributed by atoms with E-state index in [9.17, 15) is 18.0 Å². The number of ether oxygens (including phenoxy) is 2. The van der Waals surface area contributed by atoms with Gasteiger partial charge in [-0.2, -0.15) is 0 Å². The van der Waals surface area contributed by atoms with E-state index < -0.39 is 27.6 Å². The zero-order valence-electron chi connectivity index (χ0n) is 22.0. The predicted octanol–water partition coefficient (Wildman–Crippen LogP) is 2.32. The number of benzene rings is 1. The van der Waals surface area contributed by atoms with E-state index in [1.165, 1.54) is 7.11 Å². The lowest BCUT2D eigenvalue weighted by molar-refractivity contribution is -0.145. The fraction of sp³-hybridized carbons (Fsp3) is 0.560. The fourth-order valence-electron chi connectivity index (χ4n) is 4.25. The second-order valence-electron chi connectivity index (χ2n) is 9.54. The van der Waals surface area contributed by atoms with Crippen molar-refractivity contribution in [2.24, 2.45) is 10.7 Å². The summed E-state index contributed by atoms with van der Waals surface area (Å²) in [6.45, 7) is 13.0. The van der Waals surface area contributed by atoms with Crippen LogP contribution in [0.25, 0.3) is 0 Å². The normalized spacial score (nSPS) is 15.4. The molecule has 36 heavy (non-hydrogen) atoms. The Balaban J connectivity index is 2.09. The van der Waals surface area contributed by atoms with Gasteiger partial charge in [0.15, 0.2) is 0 Å². The molecule has 4 N–H and O–H groups in total. The average Bonchev–Trinajstić information content (AvgIpc) is 3.13. The Morgan fingerprint density at radius 3 is 2.53 bits per heavy atom. The van der Waals surface area contributed by atoms with Crippen molar-refractivity contribution in [3.05, 3.63) is 34.9 Å². The van der Waals surface area contributed by atoms with E-state index in [0.717, 1.165) is 16.9 Å². The molecule has 1 heterocycles. The molecular weight excluding hydrogens is 484 g/mol. The number of fused-ring (bicyclic) bond motifs is 1. The first-order chi connectivity index (χ1) is 16.7. The predicted molar refractivity (Wildman–Crippen MR) is 138 cm³/mol. The van der Waals surface area contributed by atoms with Gasteiger partial charge in [-0.1, -0.05) is 6.08 Å². The van der Waals surface area contributed by atoms with Crippen LogP contribution in [0.15, 0.2) is 22.5 Å². The maximum Gasteiger partial charge on any atom is 0.328 e. The molecule has 1 aliphatic heterocycles. The minimum absolute atomic E-state index is 0.146. The van der Waals surface area contributed by atoms with Crippen LogP contribution in [0.1, 0.15) is 61.8 Å². The first kappa shape index (κ1) is 29.2. The summed E-state index contributed by atoms with van der Waals surface area (Å²) in [5.74, 6) is -0.365. The number of guanidine groups is 1. The third kappa shape index (κ3) is 6.99. The van der Waals surface area contributed by atoms with Crippen LogP contribution in [-0.4, -0.2) is 51.6 Å². The second-order valence-corrected chi connectivity index (χ2v) is 11.2. The Bertz CT molecular complexity index is 1160. The summed E-state index contributed by atoms with van der Waals surface area (Å²) in [4.78, 5) is 28.2. The number of carbonyl (C=O) groups is 2. The molecule has 1 aromatic rings. The van der Waals surface area contributed by atoms with Gasteiger partial charge in [0.2, 0.25) is 11.9 Å². The molecule has 1 aromatic carbocycles. The van der Waals surface area contributed by atoms with Gasteiger partial charge in [-0.15, -0.1) is 6.58 Å². The van der Waals surface area contributed by atoms with Crippen molar-refractivity contribution < 1.29 is 27.5 Å². The summed E-state index contributed by atoms with van der Waals surface area (Å²) in [5, 5.41) is 2.63. The quantitative estimate of drug-likeness (QED) is 0.133. The molecule has 0 radical (unpaired) electrons. The molecule has 1 atom stereocenters. The van der Waals surface area contributed by atoms with Crippen molar-refractivity contribution in [1.29, 1.82) is 0 Å². The molecule has 2 rings (SSSR count). The number of carbonyl (C=O) groups excluding carboxylic acids is 2. The topological polar surface area (TPSA) is 149 Å². The lowest BCUT2D eigenvalue weighted by atomic mass is 9.94. The first-order valence-electron chi connectivity index (χ1n) is 11.9. The summed E-state index contributed by atoms with van der Waals surface area (Å²) >= 11 is 0. The minimum Gasteiger partial charge on any atom is -0.487 e. The molecule has 1 amide bonds. The largest absolute Gasteiger partial charge is 0.487 e. The van der Waals surface area contributed by atoms with Crippen LogP contribution in [0.5, 0.6) is 5.75 Å². The van der Waals surface area contributed by atoms with Crippen molar-refractivity contribution in [3.63, 3.8) is 0 Å². The minimum atomic E-state index is -4.00. The Hall–Kier alpha value is -3.08. The van der Waals surface area contributed by atoms with Gasteiger partial charge >= 0.3 is 5.97 Å². The molecule has 0 spiro atoms. The molecule has 0 unspecified atom stereocenters. The highest BCUT2D eigenvalue weighted by molar-refractivity contribution is 7.90. The van der Waals surface area contributed by atoms with Gasteiger partial charge < -0.3 is 20.5 Å². The molecule has 11 heteroatoms. The van der Waals surface area contributed by atoms with Crippen molar-refractivity contribution in [2.75, 3.05) is 13.7 Å². The number of nitrogens with one attached hydrogen (secondary N) is 2. The van der Waals surface area contributed by atoms with Gasteiger partial charge in [0, 0.05) is 24.9 Å². The number of hydrogen-bond donors (Lipinski definition) is 3. The van der Waals surface area contributed by atoms with Crippen LogP contribution in [0.3, 0.4) is 0 Å². The highest BCUT2D eigenvalue weighted by atomic mass is 32.2. The number of esters is 1. The lowest BCUT2D eigenvalue weighted by Gasteiger charge is -2.19. The number of allylic oxidation sites excluding steroid dienone is 1. The van der Waals surface area contributed by atoms with E-state index in [0.29, 0.717) is 30.4 Å². The lowest BCUT2D eigenvalue weighted by Crippen LogP contribution is -2.41. The van der Waals surface area contributed by atoms with Crippen molar-refractivity contribution in [3.8, 4) is 5.75 Å². The number of nitrogens with zero attached hydrogens (tertiary/aromatic N) is 1. The van der Waals surface area contributed by atoms with Gasteiger partial charge in [-0.25, -0.2) is 17.9 Å². The molecule has 200 valence electrons. The van der Waals surface area contributed by atoms with E-state index >= 15 is 0 Å². The molecule has 0 bridgehead atoms. The molecule has 0 aliphatic carbocycles. The van der Waals surface area contributed by atoms with E-state index in [1.54, 1.807) is 19.9 Å². The number of sulfonamides is 1. The molecule has 1 aliphatic rings. The molecule has 10 nitrogen and oxygen atoms in total. The van der Waals surface area contributed by atoms with Crippen LogP contribution in [0.4, 0.5) is 0 Å². The Morgan fingerprint density at radius 1 is 1.25 bits per heavy atom. The molecule has 0 fully saturated rings. The highest BCUT2D eigenvalue weighted by Gasteiger charge is 2.36. The Kier molecular flexibility index (Phi) is 9.53. The van der Waals surface area contributed by atoms with E-state index in [1.807, 2.05) is 20.8 Å². The van der Waals surface area contributed by atoms with Gasteiger partial charge in [-0.05, 0) is 70.6 Å². The van der Waals surface area contributed by atoms with Crippen LogP contribution in [0.2, 0.25) is 0 Å². The third-order valence-electron chi connectivity index (χ3n) is 6.13. The van der Waals surface area contributed by atoms with Gasteiger partial charge in [-0.3, -0.25) is 9.79 Å². The molecule has 0 saturated carbocycles. The zero-order chi connectivity index (χ0) is 27.3.